The predicted octanol–water partition coefficient (Wildman–Crippen LogP) is 3.95. The van der Waals surface area contributed by atoms with Crippen LogP contribution < -0.4 is 0 Å². The minimum Gasteiger partial charge on any atom is -0.253 e. The molecule has 1 unspecified atom stereocenters. The summed E-state index contributed by atoms with van der Waals surface area (Å²) in [6.45, 7) is 5.03. The lowest BCUT2D eigenvalue weighted by Crippen LogP contribution is -1.99. The summed E-state index contributed by atoms with van der Waals surface area (Å²) in [7, 11) is 0. The lowest BCUT2D eigenvalue weighted by Gasteiger charge is -2.10. The Balaban J connectivity index is 2.11. The molecular formula is C13H15Cl2N3. The van der Waals surface area contributed by atoms with E-state index in [4.69, 9.17) is 23.2 Å². The molecule has 0 aliphatic carbocycles. The van der Waals surface area contributed by atoms with E-state index in [9.17, 15) is 0 Å². The van der Waals surface area contributed by atoms with E-state index in [1.807, 2.05) is 36.0 Å². The van der Waals surface area contributed by atoms with Crippen molar-refractivity contribution in [1.29, 1.82) is 0 Å². The van der Waals surface area contributed by atoms with Gasteiger partial charge in [0, 0.05) is 12.7 Å². The number of benzene rings is 1. The maximum absolute atomic E-state index is 6.02. The molecule has 1 heterocycles. The molecule has 0 fully saturated rings. The summed E-state index contributed by atoms with van der Waals surface area (Å²) in [5, 5.41) is 9.36. The summed E-state index contributed by atoms with van der Waals surface area (Å²) in [6, 6.07) is 5.75. The highest BCUT2D eigenvalue weighted by Gasteiger charge is 2.11. The summed E-state index contributed by atoms with van der Waals surface area (Å²) in [5.41, 5.74) is 2.16. The lowest BCUT2D eigenvalue weighted by atomic mass is 9.96. The van der Waals surface area contributed by atoms with Crippen LogP contribution in [0.2, 0.25) is 10.0 Å². The molecule has 18 heavy (non-hydrogen) atoms. The minimum atomic E-state index is 0.335. The number of hydrogen-bond acceptors (Lipinski definition) is 2. The van der Waals surface area contributed by atoms with E-state index in [1.165, 1.54) is 0 Å². The van der Waals surface area contributed by atoms with Gasteiger partial charge in [-0.15, -0.1) is 5.10 Å². The first-order valence-corrected chi connectivity index (χ1v) is 6.69. The molecule has 1 aromatic carbocycles. The summed E-state index contributed by atoms with van der Waals surface area (Å²) in [6.07, 6.45) is 2.83. The van der Waals surface area contributed by atoms with Crippen molar-refractivity contribution in [3.8, 4) is 0 Å². The van der Waals surface area contributed by atoms with Gasteiger partial charge >= 0.3 is 0 Å². The number of hydrogen-bond donors (Lipinski definition) is 0. The van der Waals surface area contributed by atoms with Gasteiger partial charge in [-0.3, -0.25) is 4.68 Å². The highest BCUT2D eigenvalue weighted by Crippen LogP contribution is 2.27. The van der Waals surface area contributed by atoms with E-state index in [0.29, 0.717) is 16.0 Å². The van der Waals surface area contributed by atoms with Crippen LogP contribution in [0.15, 0.2) is 24.4 Å². The fraction of sp³-hybridized carbons (Fsp3) is 0.385. The Labute approximate surface area is 117 Å². The van der Waals surface area contributed by atoms with Crippen molar-refractivity contribution in [3.05, 3.63) is 45.7 Å². The zero-order chi connectivity index (χ0) is 13.1. The maximum atomic E-state index is 6.02. The van der Waals surface area contributed by atoms with Crippen LogP contribution in [0.1, 0.15) is 31.0 Å². The Kier molecular flexibility index (Phi) is 4.25. The summed E-state index contributed by atoms with van der Waals surface area (Å²) in [5.74, 6) is 0.335. The van der Waals surface area contributed by atoms with Crippen LogP contribution in [0, 0.1) is 0 Å². The van der Waals surface area contributed by atoms with Crippen molar-refractivity contribution >= 4 is 23.2 Å². The molecule has 0 aliphatic rings. The monoisotopic (exact) mass is 283 g/mol. The zero-order valence-electron chi connectivity index (χ0n) is 10.4. The van der Waals surface area contributed by atoms with Crippen LogP contribution in [0.5, 0.6) is 0 Å². The number of aryl methyl sites for hydroxylation is 1. The fourth-order valence-corrected chi connectivity index (χ4v) is 2.14. The molecule has 0 spiro atoms. The molecule has 96 valence electrons. The Morgan fingerprint density at radius 3 is 2.67 bits per heavy atom. The molecular weight excluding hydrogens is 269 g/mol. The van der Waals surface area contributed by atoms with Gasteiger partial charge in [0.25, 0.3) is 0 Å². The van der Waals surface area contributed by atoms with Gasteiger partial charge < -0.3 is 0 Å². The Morgan fingerprint density at radius 2 is 2.06 bits per heavy atom. The van der Waals surface area contributed by atoms with E-state index in [-0.39, 0.29) is 0 Å². The third-order valence-corrected chi connectivity index (χ3v) is 3.68. The van der Waals surface area contributed by atoms with Crippen molar-refractivity contribution in [2.75, 3.05) is 0 Å². The Morgan fingerprint density at radius 1 is 1.28 bits per heavy atom. The quantitative estimate of drug-likeness (QED) is 0.851. The average molecular weight is 284 g/mol. The van der Waals surface area contributed by atoms with Crippen molar-refractivity contribution < 1.29 is 0 Å². The van der Waals surface area contributed by atoms with Crippen LogP contribution in [0.4, 0.5) is 0 Å². The fourth-order valence-electron chi connectivity index (χ4n) is 1.84. The van der Waals surface area contributed by atoms with E-state index < -0.39 is 0 Å². The van der Waals surface area contributed by atoms with Crippen LogP contribution in [-0.2, 0) is 13.0 Å². The normalized spacial score (nSPS) is 12.7. The van der Waals surface area contributed by atoms with Gasteiger partial charge in [-0.1, -0.05) is 41.4 Å². The van der Waals surface area contributed by atoms with Crippen LogP contribution in [0.3, 0.4) is 0 Å². The highest BCUT2D eigenvalue weighted by atomic mass is 35.5. The smallest absolute Gasteiger partial charge is 0.0833 e. The van der Waals surface area contributed by atoms with E-state index >= 15 is 0 Å². The van der Waals surface area contributed by atoms with Crippen LogP contribution >= 0.6 is 23.2 Å². The Hall–Kier alpha value is -1.06. The molecule has 0 radical (unpaired) electrons. The van der Waals surface area contributed by atoms with E-state index in [0.717, 1.165) is 24.2 Å². The van der Waals surface area contributed by atoms with Gasteiger partial charge in [0.05, 0.1) is 15.7 Å². The van der Waals surface area contributed by atoms with Gasteiger partial charge in [0.1, 0.15) is 0 Å². The van der Waals surface area contributed by atoms with Crippen molar-refractivity contribution in [3.63, 3.8) is 0 Å². The molecule has 2 aromatic rings. The second kappa shape index (κ2) is 5.72. The van der Waals surface area contributed by atoms with Gasteiger partial charge in [0.2, 0.25) is 0 Å². The second-order valence-corrected chi connectivity index (χ2v) is 5.16. The standard InChI is InChI=1S/C13H15Cl2N3/c1-3-18-8-11(16-17-18)6-9(2)10-4-5-12(14)13(15)7-10/h4-5,7-9H,3,6H2,1-2H3. The SMILES string of the molecule is CCn1cc(CC(C)c2ccc(Cl)c(Cl)c2)nn1. The second-order valence-electron chi connectivity index (χ2n) is 4.34. The summed E-state index contributed by atoms with van der Waals surface area (Å²) in [4.78, 5) is 0. The number of halogens is 2. The molecule has 0 saturated carbocycles. The average Bonchev–Trinajstić information content (AvgIpc) is 2.80. The van der Waals surface area contributed by atoms with Crippen molar-refractivity contribution in [2.45, 2.75) is 32.7 Å². The lowest BCUT2D eigenvalue weighted by molar-refractivity contribution is 0.626. The van der Waals surface area contributed by atoms with Crippen LogP contribution in [-0.4, -0.2) is 15.0 Å². The first-order chi connectivity index (χ1) is 8.60. The largest absolute Gasteiger partial charge is 0.253 e. The van der Waals surface area contributed by atoms with Gasteiger partial charge in [-0.25, -0.2) is 0 Å². The number of rotatable bonds is 4. The molecule has 0 amide bonds. The summed E-state index contributed by atoms with van der Waals surface area (Å²) < 4.78 is 1.83. The summed E-state index contributed by atoms with van der Waals surface area (Å²) >= 11 is 11.9. The van der Waals surface area contributed by atoms with Crippen molar-refractivity contribution in [2.24, 2.45) is 0 Å². The minimum absolute atomic E-state index is 0.335. The molecule has 2 rings (SSSR count). The highest BCUT2D eigenvalue weighted by molar-refractivity contribution is 6.42. The molecule has 0 N–H and O–H groups in total. The third-order valence-electron chi connectivity index (χ3n) is 2.94. The van der Waals surface area contributed by atoms with E-state index in [2.05, 4.69) is 17.2 Å². The molecule has 0 aliphatic heterocycles. The zero-order valence-corrected chi connectivity index (χ0v) is 11.9. The molecule has 5 heteroatoms. The van der Waals surface area contributed by atoms with Crippen molar-refractivity contribution in [1.82, 2.24) is 15.0 Å². The Bertz CT molecular complexity index is 537. The predicted molar refractivity (Wildman–Crippen MR) is 74.3 cm³/mol. The molecule has 3 nitrogen and oxygen atoms in total. The van der Waals surface area contributed by atoms with E-state index in [1.54, 1.807) is 0 Å². The molecule has 1 aromatic heterocycles. The maximum Gasteiger partial charge on any atom is 0.0833 e. The number of nitrogens with zero attached hydrogens (tertiary/aromatic N) is 3. The third kappa shape index (κ3) is 3.03. The van der Waals surface area contributed by atoms with Gasteiger partial charge in [-0.2, -0.15) is 0 Å². The first kappa shape index (κ1) is 13.4. The topological polar surface area (TPSA) is 30.7 Å². The first-order valence-electron chi connectivity index (χ1n) is 5.94. The molecule has 0 saturated heterocycles. The van der Waals surface area contributed by atoms with Gasteiger partial charge in [-0.05, 0) is 37.0 Å². The van der Waals surface area contributed by atoms with Gasteiger partial charge in [0.15, 0.2) is 0 Å². The van der Waals surface area contributed by atoms with Crippen LogP contribution in [0.25, 0.3) is 0 Å². The molecule has 0 bridgehead atoms. The number of aromatic nitrogens is 3. The molecule has 1 atom stereocenters.